The summed E-state index contributed by atoms with van der Waals surface area (Å²) in [6.45, 7) is 2.72. The molecule has 15 heavy (non-hydrogen) atoms. The molecule has 1 fully saturated rings. The van der Waals surface area contributed by atoms with Crippen molar-refractivity contribution in [3.05, 3.63) is 35.6 Å². The second-order valence-corrected chi connectivity index (χ2v) is 4.13. The molecule has 0 aliphatic carbocycles. The summed E-state index contributed by atoms with van der Waals surface area (Å²) >= 11 is 0. The first-order valence-corrected chi connectivity index (χ1v) is 5.48. The van der Waals surface area contributed by atoms with Crippen molar-refractivity contribution in [3.8, 4) is 0 Å². The minimum absolute atomic E-state index is 0.171. The summed E-state index contributed by atoms with van der Waals surface area (Å²) < 4.78 is 12.7. The molecule has 0 radical (unpaired) electrons. The van der Waals surface area contributed by atoms with Crippen molar-refractivity contribution >= 4 is 0 Å². The molecule has 82 valence electrons. The number of halogens is 1. The number of benzene rings is 1. The van der Waals surface area contributed by atoms with Crippen LogP contribution in [0.1, 0.15) is 18.4 Å². The molecule has 0 aromatic heterocycles. The van der Waals surface area contributed by atoms with Gasteiger partial charge in [-0.3, -0.25) is 4.90 Å². The van der Waals surface area contributed by atoms with Crippen LogP contribution in [0.15, 0.2) is 24.3 Å². The molecule has 3 heteroatoms. The van der Waals surface area contributed by atoms with Crippen LogP contribution in [0.3, 0.4) is 0 Å². The highest BCUT2D eigenvalue weighted by atomic mass is 19.1. The minimum Gasteiger partial charge on any atom is -0.329 e. The van der Waals surface area contributed by atoms with Gasteiger partial charge in [0.25, 0.3) is 0 Å². The molecule has 1 aromatic carbocycles. The van der Waals surface area contributed by atoms with E-state index in [0.717, 1.165) is 25.2 Å². The molecule has 0 spiro atoms. The lowest BCUT2D eigenvalue weighted by Gasteiger charge is -2.22. The summed E-state index contributed by atoms with van der Waals surface area (Å²) in [6, 6.07) is 7.24. The molecule has 2 N–H and O–H groups in total. The van der Waals surface area contributed by atoms with E-state index in [9.17, 15) is 4.39 Å². The number of hydrogen-bond acceptors (Lipinski definition) is 2. The molecule has 1 aromatic rings. The molecule has 0 amide bonds. The Morgan fingerprint density at radius 3 is 2.73 bits per heavy atom. The maximum Gasteiger partial charge on any atom is 0.123 e. The average molecular weight is 208 g/mol. The zero-order valence-corrected chi connectivity index (χ0v) is 8.82. The van der Waals surface area contributed by atoms with Crippen LogP contribution in [0.4, 0.5) is 4.39 Å². The number of nitrogens with zero attached hydrogens (tertiary/aromatic N) is 1. The van der Waals surface area contributed by atoms with Crippen molar-refractivity contribution < 1.29 is 4.39 Å². The number of hydrogen-bond donors (Lipinski definition) is 1. The lowest BCUT2D eigenvalue weighted by molar-refractivity contribution is 0.250. The van der Waals surface area contributed by atoms with Crippen molar-refractivity contribution in [2.75, 3.05) is 13.1 Å². The Morgan fingerprint density at radius 2 is 2.07 bits per heavy atom. The van der Waals surface area contributed by atoms with Gasteiger partial charge in [-0.15, -0.1) is 0 Å². The van der Waals surface area contributed by atoms with Crippen LogP contribution in [-0.2, 0) is 6.54 Å². The van der Waals surface area contributed by atoms with E-state index in [4.69, 9.17) is 5.73 Å². The highest BCUT2D eigenvalue weighted by Gasteiger charge is 2.22. The summed E-state index contributed by atoms with van der Waals surface area (Å²) in [5.74, 6) is -0.171. The van der Waals surface area contributed by atoms with E-state index in [1.807, 2.05) is 12.1 Å². The third-order valence-corrected chi connectivity index (χ3v) is 3.07. The molecule has 1 atom stereocenters. The minimum atomic E-state index is -0.171. The van der Waals surface area contributed by atoms with E-state index in [0.29, 0.717) is 6.04 Å². The maximum absolute atomic E-state index is 12.7. The van der Waals surface area contributed by atoms with E-state index < -0.39 is 0 Å². The van der Waals surface area contributed by atoms with Crippen molar-refractivity contribution in [2.24, 2.45) is 5.73 Å². The van der Waals surface area contributed by atoms with Gasteiger partial charge in [0, 0.05) is 19.1 Å². The standard InChI is InChI=1S/C12H17FN2/c13-11-5-3-10(4-6-11)9-15-7-1-2-12(15)8-14/h3-6,12H,1-2,7-9,14H2/t12-/m1/s1. The van der Waals surface area contributed by atoms with E-state index in [1.54, 1.807) is 0 Å². The van der Waals surface area contributed by atoms with Gasteiger partial charge in [-0.05, 0) is 37.1 Å². The largest absolute Gasteiger partial charge is 0.329 e. The Kier molecular flexibility index (Phi) is 3.34. The molecule has 0 bridgehead atoms. The van der Waals surface area contributed by atoms with Gasteiger partial charge in [0.1, 0.15) is 5.82 Å². The maximum atomic E-state index is 12.7. The molecule has 0 saturated carbocycles. The lowest BCUT2D eigenvalue weighted by Crippen LogP contribution is -2.34. The van der Waals surface area contributed by atoms with Gasteiger partial charge in [0.05, 0.1) is 0 Å². The molecule has 1 aliphatic rings. The first-order chi connectivity index (χ1) is 7.29. The summed E-state index contributed by atoms with van der Waals surface area (Å²) in [5, 5.41) is 0. The Balaban J connectivity index is 1.99. The van der Waals surface area contributed by atoms with Gasteiger partial charge in [0.15, 0.2) is 0 Å². The molecule has 1 aliphatic heterocycles. The van der Waals surface area contributed by atoms with E-state index in [-0.39, 0.29) is 5.82 Å². The fraction of sp³-hybridized carbons (Fsp3) is 0.500. The molecule has 2 nitrogen and oxygen atoms in total. The van der Waals surface area contributed by atoms with Gasteiger partial charge >= 0.3 is 0 Å². The molecule has 1 heterocycles. The number of nitrogens with two attached hydrogens (primary N) is 1. The van der Waals surface area contributed by atoms with Crippen LogP contribution < -0.4 is 5.73 Å². The van der Waals surface area contributed by atoms with Crippen LogP contribution in [0, 0.1) is 5.82 Å². The highest BCUT2D eigenvalue weighted by molar-refractivity contribution is 5.16. The van der Waals surface area contributed by atoms with E-state index in [1.165, 1.54) is 25.0 Å². The van der Waals surface area contributed by atoms with Crippen molar-refractivity contribution in [2.45, 2.75) is 25.4 Å². The molecular formula is C12H17FN2. The first kappa shape index (κ1) is 10.6. The molecule has 1 saturated heterocycles. The monoisotopic (exact) mass is 208 g/mol. The Bertz CT molecular complexity index is 310. The predicted octanol–water partition coefficient (Wildman–Crippen LogP) is 1.75. The average Bonchev–Trinajstić information content (AvgIpc) is 2.69. The van der Waals surface area contributed by atoms with Crippen LogP contribution in [0.2, 0.25) is 0 Å². The smallest absolute Gasteiger partial charge is 0.123 e. The highest BCUT2D eigenvalue weighted by Crippen LogP contribution is 2.19. The molecule has 0 unspecified atom stereocenters. The SMILES string of the molecule is NC[C@H]1CCCN1Cc1ccc(F)cc1. The Hall–Kier alpha value is -0.930. The normalized spacial score (nSPS) is 22.1. The molecule has 2 rings (SSSR count). The van der Waals surface area contributed by atoms with Gasteiger partial charge < -0.3 is 5.73 Å². The van der Waals surface area contributed by atoms with Crippen LogP contribution >= 0.6 is 0 Å². The number of likely N-dealkylation sites (tertiary alicyclic amines) is 1. The summed E-state index contributed by atoms with van der Waals surface area (Å²) in [5.41, 5.74) is 6.86. The van der Waals surface area contributed by atoms with E-state index in [2.05, 4.69) is 4.90 Å². The zero-order chi connectivity index (χ0) is 10.7. The third-order valence-electron chi connectivity index (χ3n) is 3.07. The van der Waals surface area contributed by atoms with Crippen molar-refractivity contribution in [3.63, 3.8) is 0 Å². The summed E-state index contributed by atoms with van der Waals surface area (Å²) in [4.78, 5) is 2.38. The van der Waals surface area contributed by atoms with Gasteiger partial charge in [0.2, 0.25) is 0 Å². The Morgan fingerprint density at radius 1 is 1.33 bits per heavy atom. The second kappa shape index (κ2) is 4.73. The second-order valence-electron chi connectivity index (χ2n) is 4.13. The quantitative estimate of drug-likeness (QED) is 0.820. The van der Waals surface area contributed by atoms with Gasteiger partial charge in [-0.2, -0.15) is 0 Å². The fourth-order valence-electron chi connectivity index (χ4n) is 2.19. The number of rotatable bonds is 3. The lowest BCUT2D eigenvalue weighted by atomic mass is 10.2. The van der Waals surface area contributed by atoms with Gasteiger partial charge in [-0.1, -0.05) is 12.1 Å². The van der Waals surface area contributed by atoms with Crippen LogP contribution in [0.25, 0.3) is 0 Å². The van der Waals surface area contributed by atoms with Crippen molar-refractivity contribution in [1.82, 2.24) is 4.90 Å². The topological polar surface area (TPSA) is 29.3 Å². The van der Waals surface area contributed by atoms with Crippen molar-refractivity contribution in [1.29, 1.82) is 0 Å². The summed E-state index contributed by atoms with van der Waals surface area (Å²) in [7, 11) is 0. The van der Waals surface area contributed by atoms with Crippen LogP contribution in [-0.4, -0.2) is 24.0 Å². The first-order valence-electron chi connectivity index (χ1n) is 5.48. The van der Waals surface area contributed by atoms with Crippen LogP contribution in [0.5, 0.6) is 0 Å². The molecular weight excluding hydrogens is 191 g/mol. The van der Waals surface area contributed by atoms with E-state index >= 15 is 0 Å². The zero-order valence-electron chi connectivity index (χ0n) is 8.82. The third kappa shape index (κ3) is 2.55. The Labute approximate surface area is 89.9 Å². The summed E-state index contributed by atoms with van der Waals surface area (Å²) in [6.07, 6.45) is 2.42. The fourth-order valence-corrected chi connectivity index (χ4v) is 2.19. The van der Waals surface area contributed by atoms with Gasteiger partial charge in [-0.25, -0.2) is 4.39 Å². The predicted molar refractivity (Wildman–Crippen MR) is 58.9 cm³/mol.